The van der Waals surface area contributed by atoms with Crippen LogP contribution in [0.5, 0.6) is 5.88 Å². The third kappa shape index (κ3) is 4.90. The molecule has 22 heavy (non-hydrogen) atoms. The third-order valence-corrected chi connectivity index (χ3v) is 3.73. The minimum Gasteiger partial charge on any atom is -0.477 e. The van der Waals surface area contributed by atoms with Gasteiger partial charge in [0, 0.05) is 31.4 Å². The molecule has 5 nitrogen and oxygen atoms in total. The van der Waals surface area contributed by atoms with E-state index in [4.69, 9.17) is 9.73 Å². The number of hydrogen-bond acceptors (Lipinski definition) is 3. The number of ether oxygens (including phenoxy) is 1. The number of nitrogens with zero attached hydrogens (tertiary/aromatic N) is 3. The minimum absolute atomic E-state index is 0.605. The molecule has 5 heteroatoms. The summed E-state index contributed by atoms with van der Waals surface area (Å²) in [6, 6.07) is 3.99. The molecule has 2 heterocycles. The molecule has 1 saturated heterocycles. The van der Waals surface area contributed by atoms with Crippen molar-refractivity contribution in [1.29, 1.82) is 0 Å². The maximum atomic E-state index is 5.78. The van der Waals surface area contributed by atoms with Crippen LogP contribution in [0, 0.1) is 0 Å². The lowest BCUT2D eigenvalue weighted by atomic mass is 10.2. The molecule has 1 aliphatic rings. The van der Waals surface area contributed by atoms with Gasteiger partial charge in [0.2, 0.25) is 5.88 Å². The van der Waals surface area contributed by atoms with Crippen molar-refractivity contribution in [2.45, 2.75) is 46.1 Å². The van der Waals surface area contributed by atoms with Gasteiger partial charge in [-0.1, -0.05) is 19.4 Å². The van der Waals surface area contributed by atoms with Gasteiger partial charge in [-0.05, 0) is 32.3 Å². The average molecular weight is 304 g/mol. The highest BCUT2D eigenvalue weighted by atomic mass is 16.5. The number of nitrogens with one attached hydrogen (secondary N) is 1. The Bertz CT molecular complexity index is 469. The molecule has 0 spiro atoms. The second-order valence-electron chi connectivity index (χ2n) is 5.53. The Balaban J connectivity index is 2.02. The lowest BCUT2D eigenvalue weighted by Crippen LogP contribution is -2.39. The minimum atomic E-state index is 0.605. The summed E-state index contributed by atoms with van der Waals surface area (Å²) in [6.45, 7) is 8.67. The van der Waals surface area contributed by atoms with Crippen LogP contribution in [0.1, 0.15) is 45.1 Å². The molecular formula is C17H28N4O. The SMILES string of the molecule is CCCCOc1ncccc1CN=C(NCC)N1CCCC1. The molecule has 1 aromatic heterocycles. The monoisotopic (exact) mass is 304 g/mol. The van der Waals surface area contributed by atoms with Gasteiger partial charge in [0.05, 0.1) is 13.2 Å². The molecule has 0 amide bonds. The normalized spacial score (nSPS) is 15.2. The molecule has 0 unspecified atom stereocenters. The van der Waals surface area contributed by atoms with Crippen LogP contribution in [0.25, 0.3) is 0 Å². The summed E-state index contributed by atoms with van der Waals surface area (Å²) < 4.78 is 5.78. The quantitative estimate of drug-likeness (QED) is 0.478. The fourth-order valence-electron chi connectivity index (χ4n) is 2.50. The first-order valence-corrected chi connectivity index (χ1v) is 8.45. The zero-order valence-corrected chi connectivity index (χ0v) is 13.8. The second-order valence-corrected chi connectivity index (χ2v) is 5.53. The number of aromatic nitrogens is 1. The van der Waals surface area contributed by atoms with Crippen LogP contribution in [0.2, 0.25) is 0 Å². The highest BCUT2D eigenvalue weighted by molar-refractivity contribution is 5.80. The zero-order chi connectivity index (χ0) is 15.6. The van der Waals surface area contributed by atoms with Gasteiger partial charge in [0.15, 0.2) is 5.96 Å². The first-order valence-electron chi connectivity index (χ1n) is 8.45. The van der Waals surface area contributed by atoms with E-state index in [2.05, 4.69) is 29.0 Å². The lowest BCUT2D eigenvalue weighted by Gasteiger charge is -2.20. The summed E-state index contributed by atoms with van der Waals surface area (Å²) in [4.78, 5) is 11.4. The molecule has 1 aliphatic heterocycles. The van der Waals surface area contributed by atoms with Gasteiger partial charge in [0.1, 0.15) is 0 Å². The second kappa shape index (κ2) is 9.28. The molecule has 0 saturated carbocycles. The Kier molecular flexibility index (Phi) is 7.00. The van der Waals surface area contributed by atoms with E-state index in [1.165, 1.54) is 12.8 Å². The van der Waals surface area contributed by atoms with Crippen molar-refractivity contribution in [3.63, 3.8) is 0 Å². The Morgan fingerprint density at radius 2 is 2.18 bits per heavy atom. The third-order valence-electron chi connectivity index (χ3n) is 3.73. The van der Waals surface area contributed by atoms with Crippen LogP contribution in [0.4, 0.5) is 0 Å². The number of likely N-dealkylation sites (tertiary alicyclic amines) is 1. The molecule has 1 aromatic rings. The van der Waals surface area contributed by atoms with Gasteiger partial charge >= 0.3 is 0 Å². The van der Waals surface area contributed by atoms with Crippen molar-refractivity contribution in [1.82, 2.24) is 15.2 Å². The lowest BCUT2D eigenvalue weighted by molar-refractivity contribution is 0.294. The average Bonchev–Trinajstić information content (AvgIpc) is 3.07. The molecule has 0 aromatic carbocycles. The Hall–Kier alpha value is -1.78. The topological polar surface area (TPSA) is 49.8 Å². The Morgan fingerprint density at radius 3 is 2.91 bits per heavy atom. The molecule has 0 aliphatic carbocycles. The molecule has 0 bridgehead atoms. The maximum absolute atomic E-state index is 5.78. The van der Waals surface area contributed by atoms with Crippen LogP contribution >= 0.6 is 0 Å². The summed E-state index contributed by atoms with van der Waals surface area (Å²) in [7, 11) is 0. The van der Waals surface area contributed by atoms with Crippen molar-refractivity contribution in [3.05, 3.63) is 23.9 Å². The molecule has 0 radical (unpaired) electrons. The van der Waals surface area contributed by atoms with E-state index >= 15 is 0 Å². The van der Waals surface area contributed by atoms with E-state index in [0.717, 1.165) is 56.5 Å². The van der Waals surface area contributed by atoms with Gasteiger partial charge in [-0.25, -0.2) is 9.98 Å². The van der Waals surface area contributed by atoms with Crippen LogP contribution in [-0.2, 0) is 6.54 Å². The van der Waals surface area contributed by atoms with Gasteiger partial charge in [-0.2, -0.15) is 0 Å². The van der Waals surface area contributed by atoms with Gasteiger partial charge in [-0.15, -0.1) is 0 Å². The number of hydrogen-bond donors (Lipinski definition) is 1. The number of aliphatic imine (C=N–C) groups is 1. The summed E-state index contributed by atoms with van der Waals surface area (Å²) in [6.07, 6.45) is 6.46. The van der Waals surface area contributed by atoms with E-state index in [9.17, 15) is 0 Å². The molecular weight excluding hydrogens is 276 g/mol. The summed E-state index contributed by atoms with van der Waals surface area (Å²) in [5, 5.41) is 3.38. The fourth-order valence-corrected chi connectivity index (χ4v) is 2.50. The van der Waals surface area contributed by atoms with Crippen LogP contribution in [-0.4, -0.2) is 42.1 Å². The summed E-state index contributed by atoms with van der Waals surface area (Å²) >= 11 is 0. The van der Waals surface area contributed by atoms with E-state index in [1.807, 2.05) is 12.1 Å². The maximum Gasteiger partial charge on any atom is 0.218 e. The van der Waals surface area contributed by atoms with E-state index in [1.54, 1.807) is 6.20 Å². The van der Waals surface area contributed by atoms with Gasteiger partial charge < -0.3 is 15.0 Å². The fraction of sp³-hybridized carbons (Fsp3) is 0.647. The van der Waals surface area contributed by atoms with Crippen molar-refractivity contribution in [3.8, 4) is 5.88 Å². The largest absolute Gasteiger partial charge is 0.477 e. The number of rotatable bonds is 7. The summed E-state index contributed by atoms with van der Waals surface area (Å²) in [5.41, 5.74) is 1.05. The Labute approximate surface area is 133 Å². The number of pyridine rings is 1. The van der Waals surface area contributed by atoms with Crippen molar-refractivity contribution < 1.29 is 4.74 Å². The standard InChI is InChI=1S/C17H28N4O/c1-3-5-13-22-16-15(9-8-10-19-16)14-20-17(18-4-2)21-11-6-7-12-21/h8-10H,3-7,11-14H2,1-2H3,(H,18,20). The van der Waals surface area contributed by atoms with E-state index < -0.39 is 0 Å². The van der Waals surface area contributed by atoms with Crippen LogP contribution < -0.4 is 10.1 Å². The predicted octanol–water partition coefficient (Wildman–Crippen LogP) is 2.82. The van der Waals surface area contributed by atoms with Crippen molar-refractivity contribution in [2.75, 3.05) is 26.2 Å². The number of unbranched alkanes of at least 4 members (excludes halogenated alkanes) is 1. The smallest absolute Gasteiger partial charge is 0.218 e. The van der Waals surface area contributed by atoms with E-state index in [-0.39, 0.29) is 0 Å². The highest BCUT2D eigenvalue weighted by Gasteiger charge is 2.15. The molecule has 0 atom stereocenters. The summed E-state index contributed by atoms with van der Waals surface area (Å²) in [5.74, 6) is 1.72. The molecule has 1 N–H and O–H groups in total. The van der Waals surface area contributed by atoms with E-state index in [0.29, 0.717) is 6.54 Å². The van der Waals surface area contributed by atoms with Crippen molar-refractivity contribution >= 4 is 5.96 Å². The zero-order valence-electron chi connectivity index (χ0n) is 13.8. The molecule has 1 fully saturated rings. The van der Waals surface area contributed by atoms with Gasteiger partial charge in [-0.3, -0.25) is 0 Å². The molecule has 2 rings (SSSR count). The highest BCUT2D eigenvalue weighted by Crippen LogP contribution is 2.16. The predicted molar refractivity (Wildman–Crippen MR) is 90.3 cm³/mol. The first kappa shape index (κ1) is 16.6. The number of guanidine groups is 1. The first-order chi connectivity index (χ1) is 10.8. The van der Waals surface area contributed by atoms with Crippen LogP contribution in [0.3, 0.4) is 0 Å². The van der Waals surface area contributed by atoms with Crippen LogP contribution in [0.15, 0.2) is 23.3 Å². The van der Waals surface area contributed by atoms with Crippen molar-refractivity contribution in [2.24, 2.45) is 4.99 Å². The van der Waals surface area contributed by atoms with Gasteiger partial charge in [0.25, 0.3) is 0 Å². The Morgan fingerprint density at radius 1 is 1.36 bits per heavy atom. The molecule has 122 valence electrons.